The second kappa shape index (κ2) is 5.05. The summed E-state index contributed by atoms with van der Waals surface area (Å²) >= 11 is 0. The van der Waals surface area contributed by atoms with Crippen LogP contribution in [0.2, 0.25) is 0 Å². The quantitative estimate of drug-likeness (QED) is 0.822. The lowest BCUT2D eigenvalue weighted by Crippen LogP contribution is -2.23. The van der Waals surface area contributed by atoms with Crippen LogP contribution in [0, 0.1) is 5.92 Å². The van der Waals surface area contributed by atoms with Crippen molar-refractivity contribution in [1.82, 2.24) is 15.0 Å². The van der Waals surface area contributed by atoms with Crippen LogP contribution in [0.5, 0.6) is 0 Å². The summed E-state index contributed by atoms with van der Waals surface area (Å²) in [6.07, 6.45) is -1.25. The number of nitrogens with two attached hydrogens (primary N) is 1. The highest BCUT2D eigenvalue weighted by atomic mass is 19.1. The molecule has 0 fully saturated rings. The fraction of sp³-hybridized carbons (Fsp3) is 0.700. The summed E-state index contributed by atoms with van der Waals surface area (Å²) in [7, 11) is 0. The predicted octanol–water partition coefficient (Wildman–Crippen LogP) is 1.94. The number of halogens is 1. The molecule has 6 heteroatoms. The van der Waals surface area contributed by atoms with Crippen LogP contribution in [-0.4, -0.2) is 21.0 Å². The molecule has 0 saturated carbocycles. The van der Waals surface area contributed by atoms with Gasteiger partial charge in [-0.25, -0.2) is 4.39 Å². The standard InChI is InChI=1S/C10H18FN5/c1-5(2)7(4)13-10-15-8(6(3)11)14-9(12)16-10/h5-7H,1-4H3,(H3,12,13,14,15,16). The van der Waals surface area contributed by atoms with Crippen molar-refractivity contribution in [2.75, 3.05) is 11.1 Å². The Bertz CT molecular complexity index is 353. The number of nitrogen functional groups attached to an aromatic ring is 1. The fourth-order valence-corrected chi connectivity index (χ4v) is 1.02. The Morgan fingerprint density at radius 3 is 2.25 bits per heavy atom. The second-order valence-electron chi connectivity index (χ2n) is 4.17. The van der Waals surface area contributed by atoms with E-state index in [9.17, 15) is 4.39 Å². The highest BCUT2D eigenvalue weighted by molar-refractivity contribution is 5.32. The maximum atomic E-state index is 13.1. The van der Waals surface area contributed by atoms with Crippen molar-refractivity contribution in [2.24, 2.45) is 5.92 Å². The largest absolute Gasteiger partial charge is 0.368 e. The third kappa shape index (κ3) is 3.29. The van der Waals surface area contributed by atoms with Gasteiger partial charge in [0.1, 0.15) is 0 Å². The maximum Gasteiger partial charge on any atom is 0.228 e. The number of rotatable bonds is 4. The summed E-state index contributed by atoms with van der Waals surface area (Å²) in [5, 5.41) is 3.07. The number of aromatic nitrogens is 3. The molecule has 5 nitrogen and oxygen atoms in total. The first-order valence-electron chi connectivity index (χ1n) is 5.32. The van der Waals surface area contributed by atoms with E-state index in [-0.39, 0.29) is 17.8 Å². The van der Waals surface area contributed by atoms with Crippen molar-refractivity contribution in [3.63, 3.8) is 0 Å². The van der Waals surface area contributed by atoms with Crippen LogP contribution in [0.1, 0.15) is 39.7 Å². The van der Waals surface area contributed by atoms with E-state index in [1.807, 2.05) is 6.92 Å². The van der Waals surface area contributed by atoms with Crippen LogP contribution in [0.15, 0.2) is 0 Å². The predicted molar refractivity (Wildman–Crippen MR) is 61.7 cm³/mol. The molecule has 2 atom stereocenters. The van der Waals surface area contributed by atoms with Crippen molar-refractivity contribution < 1.29 is 4.39 Å². The summed E-state index contributed by atoms with van der Waals surface area (Å²) in [6.45, 7) is 7.51. The highest BCUT2D eigenvalue weighted by Crippen LogP contribution is 2.15. The number of nitrogens with zero attached hydrogens (tertiary/aromatic N) is 3. The topological polar surface area (TPSA) is 76.7 Å². The molecule has 0 spiro atoms. The summed E-state index contributed by atoms with van der Waals surface area (Å²) in [6, 6.07) is 0.185. The van der Waals surface area contributed by atoms with Crippen molar-refractivity contribution in [2.45, 2.75) is 39.9 Å². The molecule has 0 aliphatic carbocycles. The smallest absolute Gasteiger partial charge is 0.228 e. The Morgan fingerprint density at radius 1 is 1.12 bits per heavy atom. The monoisotopic (exact) mass is 227 g/mol. The molecule has 1 aromatic heterocycles. The van der Waals surface area contributed by atoms with Crippen LogP contribution in [0.3, 0.4) is 0 Å². The minimum Gasteiger partial charge on any atom is -0.368 e. The maximum absolute atomic E-state index is 13.1. The van der Waals surface area contributed by atoms with Crippen LogP contribution in [0.4, 0.5) is 16.3 Å². The normalized spacial score (nSPS) is 14.9. The van der Waals surface area contributed by atoms with E-state index in [0.717, 1.165) is 0 Å². The first-order chi connectivity index (χ1) is 7.40. The van der Waals surface area contributed by atoms with Crippen LogP contribution < -0.4 is 11.1 Å². The van der Waals surface area contributed by atoms with E-state index < -0.39 is 6.17 Å². The van der Waals surface area contributed by atoms with E-state index in [4.69, 9.17) is 5.73 Å². The van der Waals surface area contributed by atoms with Gasteiger partial charge in [0.15, 0.2) is 12.0 Å². The summed E-state index contributed by atoms with van der Waals surface area (Å²) in [5.74, 6) is 0.844. The molecule has 0 saturated heterocycles. The number of hydrogen-bond acceptors (Lipinski definition) is 5. The molecular formula is C10H18FN5. The molecule has 0 aliphatic rings. The number of nitrogens with one attached hydrogen (secondary N) is 1. The van der Waals surface area contributed by atoms with Gasteiger partial charge < -0.3 is 11.1 Å². The van der Waals surface area contributed by atoms with Crippen LogP contribution >= 0.6 is 0 Å². The van der Waals surface area contributed by atoms with Crippen molar-refractivity contribution in [3.8, 4) is 0 Å². The number of hydrogen-bond donors (Lipinski definition) is 2. The Labute approximate surface area is 94.7 Å². The van der Waals surface area contributed by atoms with Gasteiger partial charge in [0.05, 0.1) is 0 Å². The van der Waals surface area contributed by atoms with Gasteiger partial charge in [0, 0.05) is 6.04 Å². The zero-order valence-corrected chi connectivity index (χ0v) is 10.0. The number of alkyl halides is 1. The molecule has 1 rings (SSSR count). The van der Waals surface area contributed by atoms with E-state index in [0.29, 0.717) is 11.9 Å². The lowest BCUT2D eigenvalue weighted by Gasteiger charge is -2.17. The van der Waals surface area contributed by atoms with E-state index >= 15 is 0 Å². The minimum absolute atomic E-state index is 0.0351. The molecule has 0 amide bonds. The molecule has 0 aromatic carbocycles. The number of anilines is 2. The van der Waals surface area contributed by atoms with Gasteiger partial charge in [0.25, 0.3) is 0 Å². The molecular weight excluding hydrogens is 209 g/mol. The molecule has 1 heterocycles. The molecule has 2 unspecified atom stereocenters. The molecule has 0 bridgehead atoms. The average molecular weight is 227 g/mol. The molecule has 0 radical (unpaired) electrons. The van der Waals surface area contributed by atoms with E-state index in [1.165, 1.54) is 6.92 Å². The minimum atomic E-state index is -1.25. The summed E-state index contributed by atoms with van der Waals surface area (Å²) in [5.41, 5.74) is 5.48. The Hall–Kier alpha value is -1.46. The Morgan fingerprint density at radius 2 is 1.75 bits per heavy atom. The van der Waals surface area contributed by atoms with Gasteiger partial charge in [-0.1, -0.05) is 13.8 Å². The van der Waals surface area contributed by atoms with Crippen molar-refractivity contribution >= 4 is 11.9 Å². The average Bonchev–Trinajstić information content (AvgIpc) is 2.16. The fourth-order valence-electron chi connectivity index (χ4n) is 1.02. The van der Waals surface area contributed by atoms with Gasteiger partial charge in [-0.3, -0.25) is 0 Å². The van der Waals surface area contributed by atoms with Crippen molar-refractivity contribution in [1.29, 1.82) is 0 Å². The van der Waals surface area contributed by atoms with Gasteiger partial charge in [-0.15, -0.1) is 0 Å². The van der Waals surface area contributed by atoms with Crippen LogP contribution in [-0.2, 0) is 0 Å². The van der Waals surface area contributed by atoms with Crippen molar-refractivity contribution in [3.05, 3.63) is 5.82 Å². The Kier molecular flexibility index (Phi) is 3.98. The lowest BCUT2D eigenvalue weighted by atomic mass is 10.1. The van der Waals surface area contributed by atoms with Gasteiger partial charge >= 0.3 is 0 Å². The molecule has 90 valence electrons. The summed E-state index contributed by atoms with van der Waals surface area (Å²) in [4.78, 5) is 11.6. The van der Waals surface area contributed by atoms with Crippen LogP contribution in [0.25, 0.3) is 0 Å². The zero-order valence-electron chi connectivity index (χ0n) is 10.0. The highest BCUT2D eigenvalue weighted by Gasteiger charge is 2.13. The molecule has 3 N–H and O–H groups in total. The van der Waals surface area contributed by atoms with E-state index in [2.05, 4.69) is 34.1 Å². The van der Waals surface area contributed by atoms with Gasteiger partial charge in [0.2, 0.25) is 11.9 Å². The van der Waals surface area contributed by atoms with E-state index in [1.54, 1.807) is 0 Å². The zero-order chi connectivity index (χ0) is 12.3. The third-order valence-electron chi connectivity index (χ3n) is 2.38. The molecule has 0 aliphatic heterocycles. The first-order valence-corrected chi connectivity index (χ1v) is 5.32. The molecule has 1 aromatic rings. The lowest BCUT2D eigenvalue weighted by molar-refractivity contribution is 0.356. The SMILES string of the molecule is CC(F)c1nc(N)nc(NC(C)C(C)C)n1. The van der Waals surface area contributed by atoms with Gasteiger partial charge in [-0.05, 0) is 19.8 Å². The molecule has 16 heavy (non-hydrogen) atoms. The summed E-state index contributed by atoms with van der Waals surface area (Å²) < 4.78 is 13.1. The van der Waals surface area contributed by atoms with Gasteiger partial charge in [-0.2, -0.15) is 15.0 Å². The Balaban J connectivity index is 2.88. The third-order valence-corrected chi connectivity index (χ3v) is 2.38. The second-order valence-corrected chi connectivity index (χ2v) is 4.17. The first kappa shape index (κ1) is 12.6.